The lowest BCUT2D eigenvalue weighted by atomic mass is 9.93. The van der Waals surface area contributed by atoms with E-state index in [-0.39, 0.29) is 17.9 Å². The number of rotatable bonds is 4. The molecule has 2 fully saturated rings. The van der Waals surface area contributed by atoms with Crippen molar-refractivity contribution in [1.82, 2.24) is 9.80 Å². The van der Waals surface area contributed by atoms with Gasteiger partial charge in [-0.1, -0.05) is 39.5 Å². The summed E-state index contributed by atoms with van der Waals surface area (Å²) in [6, 6.07) is 0.450. The Hall–Kier alpha value is -0.610. The van der Waals surface area contributed by atoms with Crippen LogP contribution in [0.4, 0.5) is 0 Å². The average molecular weight is 281 g/mol. The number of hydrogen-bond donors (Lipinski definition) is 1. The summed E-state index contributed by atoms with van der Waals surface area (Å²) in [5.41, 5.74) is 6.07. The van der Waals surface area contributed by atoms with Crippen LogP contribution in [0.1, 0.15) is 52.4 Å². The molecular weight excluding hydrogens is 250 g/mol. The van der Waals surface area contributed by atoms with E-state index in [1.54, 1.807) is 0 Å². The highest BCUT2D eigenvalue weighted by Gasteiger charge is 2.30. The summed E-state index contributed by atoms with van der Waals surface area (Å²) in [6.45, 7) is 7.95. The molecule has 1 saturated heterocycles. The zero-order chi connectivity index (χ0) is 14.5. The molecule has 1 amide bonds. The Kier molecular flexibility index (Phi) is 5.85. The fraction of sp³-hybridized carbons (Fsp3) is 0.938. The highest BCUT2D eigenvalue weighted by Crippen LogP contribution is 2.23. The van der Waals surface area contributed by atoms with E-state index in [4.69, 9.17) is 5.73 Å². The van der Waals surface area contributed by atoms with Crippen molar-refractivity contribution in [3.63, 3.8) is 0 Å². The zero-order valence-corrected chi connectivity index (χ0v) is 13.2. The molecule has 1 aliphatic heterocycles. The van der Waals surface area contributed by atoms with E-state index >= 15 is 0 Å². The maximum atomic E-state index is 12.4. The zero-order valence-electron chi connectivity index (χ0n) is 13.2. The molecule has 2 atom stereocenters. The molecule has 0 spiro atoms. The van der Waals surface area contributed by atoms with Crippen LogP contribution in [0.5, 0.6) is 0 Å². The fourth-order valence-electron chi connectivity index (χ4n) is 3.46. The Balaban J connectivity index is 1.79. The van der Waals surface area contributed by atoms with Gasteiger partial charge >= 0.3 is 0 Å². The van der Waals surface area contributed by atoms with Crippen molar-refractivity contribution in [3.05, 3.63) is 0 Å². The molecule has 2 N–H and O–H groups in total. The van der Waals surface area contributed by atoms with Crippen molar-refractivity contribution in [2.24, 2.45) is 11.7 Å². The number of carbonyl (C=O) groups is 1. The van der Waals surface area contributed by atoms with Crippen molar-refractivity contribution in [3.8, 4) is 0 Å². The molecular formula is C16H31N3O. The van der Waals surface area contributed by atoms with E-state index in [9.17, 15) is 4.79 Å². The van der Waals surface area contributed by atoms with E-state index in [2.05, 4.69) is 18.7 Å². The van der Waals surface area contributed by atoms with Crippen LogP contribution in [0, 0.1) is 5.92 Å². The second-order valence-electron chi connectivity index (χ2n) is 6.56. The van der Waals surface area contributed by atoms with Crippen LogP contribution >= 0.6 is 0 Å². The SMILES string of the molecule is CCC(C)C(N)C(=O)N1CCN(C2CCCCC2)CC1. The van der Waals surface area contributed by atoms with Crippen LogP contribution in [0.3, 0.4) is 0 Å². The van der Waals surface area contributed by atoms with Crippen LogP contribution < -0.4 is 5.73 Å². The van der Waals surface area contributed by atoms with Crippen molar-refractivity contribution < 1.29 is 4.79 Å². The Bertz CT molecular complexity index is 307. The molecule has 116 valence electrons. The van der Waals surface area contributed by atoms with Crippen LogP contribution in [-0.2, 0) is 4.79 Å². The normalized spacial score (nSPS) is 25.4. The molecule has 2 rings (SSSR count). The third kappa shape index (κ3) is 3.73. The summed E-state index contributed by atoms with van der Waals surface area (Å²) < 4.78 is 0. The third-order valence-corrected chi connectivity index (χ3v) is 5.26. The number of piperazine rings is 1. The van der Waals surface area contributed by atoms with Gasteiger partial charge in [-0.15, -0.1) is 0 Å². The fourth-order valence-corrected chi connectivity index (χ4v) is 3.46. The maximum absolute atomic E-state index is 12.4. The molecule has 1 aliphatic carbocycles. The van der Waals surface area contributed by atoms with Gasteiger partial charge in [-0.05, 0) is 18.8 Å². The molecule has 0 bridgehead atoms. The van der Waals surface area contributed by atoms with E-state index in [0.717, 1.165) is 38.6 Å². The molecule has 1 saturated carbocycles. The van der Waals surface area contributed by atoms with Crippen LogP contribution in [-0.4, -0.2) is 54.0 Å². The summed E-state index contributed by atoms with van der Waals surface area (Å²) in [7, 11) is 0. The molecule has 2 aliphatic rings. The number of nitrogens with zero attached hydrogens (tertiary/aromatic N) is 2. The smallest absolute Gasteiger partial charge is 0.239 e. The molecule has 0 aromatic rings. The van der Waals surface area contributed by atoms with Crippen molar-refractivity contribution >= 4 is 5.91 Å². The van der Waals surface area contributed by atoms with Gasteiger partial charge < -0.3 is 10.6 Å². The summed E-state index contributed by atoms with van der Waals surface area (Å²) >= 11 is 0. The Labute approximate surface area is 123 Å². The monoisotopic (exact) mass is 281 g/mol. The first-order valence-electron chi connectivity index (χ1n) is 8.42. The first-order chi connectivity index (χ1) is 9.63. The van der Waals surface area contributed by atoms with E-state index < -0.39 is 0 Å². The van der Waals surface area contributed by atoms with Gasteiger partial charge in [0.15, 0.2) is 0 Å². The van der Waals surface area contributed by atoms with Gasteiger partial charge in [-0.2, -0.15) is 0 Å². The van der Waals surface area contributed by atoms with Gasteiger partial charge in [0.25, 0.3) is 0 Å². The third-order valence-electron chi connectivity index (χ3n) is 5.26. The van der Waals surface area contributed by atoms with Gasteiger partial charge in [0, 0.05) is 32.2 Å². The second kappa shape index (κ2) is 7.41. The quantitative estimate of drug-likeness (QED) is 0.855. The predicted octanol–water partition coefficient (Wildman–Crippen LogP) is 1.84. The topological polar surface area (TPSA) is 49.6 Å². The van der Waals surface area contributed by atoms with Gasteiger partial charge in [0.1, 0.15) is 0 Å². The van der Waals surface area contributed by atoms with Crippen molar-refractivity contribution in [1.29, 1.82) is 0 Å². The maximum Gasteiger partial charge on any atom is 0.239 e. The number of nitrogens with two attached hydrogens (primary N) is 1. The van der Waals surface area contributed by atoms with Crippen LogP contribution in [0.25, 0.3) is 0 Å². The molecule has 4 heteroatoms. The lowest BCUT2D eigenvalue weighted by Crippen LogP contribution is -2.56. The Morgan fingerprint density at radius 2 is 1.75 bits per heavy atom. The number of carbonyl (C=O) groups excluding carboxylic acids is 1. The molecule has 0 radical (unpaired) electrons. The minimum absolute atomic E-state index is 0.155. The van der Waals surface area contributed by atoms with E-state index in [1.807, 2.05) is 4.90 Å². The molecule has 0 aromatic heterocycles. The Morgan fingerprint density at radius 1 is 1.15 bits per heavy atom. The largest absolute Gasteiger partial charge is 0.339 e. The minimum Gasteiger partial charge on any atom is -0.339 e. The molecule has 1 heterocycles. The first kappa shape index (κ1) is 15.8. The lowest BCUT2D eigenvalue weighted by Gasteiger charge is -2.41. The number of amides is 1. The van der Waals surface area contributed by atoms with Crippen LogP contribution in [0.2, 0.25) is 0 Å². The van der Waals surface area contributed by atoms with Gasteiger partial charge in [-0.25, -0.2) is 0 Å². The van der Waals surface area contributed by atoms with Gasteiger partial charge in [0.2, 0.25) is 5.91 Å². The first-order valence-corrected chi connectivity index (χ1v) is 8.42. The van der Waals surface area contributed by atoms with Gasteiger partial charge in [0.05, 0.1) is 6.04 Å². The van der Waals surface area contributed by atoms with Crippen molar-refractivity contribution in [2.45, 2.75) is 64.5 Å². The predicted molar refractivity (Wildman–Crippen MR) is 82.5 cm³/mol. The number of hydrogen-bond acceptors (Lipinski definition) is 3. The van der Waals surface area contributed by atoms with Crippen molar-refractivity contribution in [2.75, 3.05) is 26.2 Å². The molecule has 2 unspecified atom stereocenters. The highest BCUT2D eigenvalue weighted by atomic mass is 16.2. The molecule has 0 aromatic carbocycles. The molecule has 20 heavy (non-hydrogen) atoms. The molecule has 4 nitrogen and oxygen atoms in total. The standard InChI is InChI=1S/C16H31N3O/c1-3-13(2)15(17)16(20)19-11-9-18(10-12-19)14-7-5-4-6-8-14/h13-15H,3-12,17H2,1-2H3. The summed E-state index contributed by atoms with van der Waals surface area (Å²) in [6.07, 6.45) is 7.82. The van der Waals surface area contributed by atoms with Crippen LogP contribution in [0.15, 0.2) is 0 Å². The van der Waals surface area contributed by atoms with E-state index in [0.29, 0.717) is 0 Å². The summed E-state index contributed by atoms with van der Waals surface area (Å²) in [5, 5.41) is 0. The van der Waals surface area contributed by atoms with E-state index in [1.165, 1.54) is 32.1 Å². The lowest BCUT2D eigenvalue weighted by molar-refractivity contribution is -0.136. The average Bonchev–Trinajstić information content (AvgIpc) is 2.53. The minimum atomic E-state index is -0.318. The second-order valence-corrected chi connectivity index (χ2v) is 6.56. The Morgan fingerprint density at radius 3 is 2.30 bits per heavy atom. The summed E-state index contributed by atoms with van der Waals surface area (Å²) in [5.74, 6) is 0.432. The summed E-state index contributed by atoms with van der Waals surface area (Å²) in [4.78, 5) is 16.9. The highest BCUT2D eigenvalue weighted by molar-refractivity contribution is 5.82. The van der Waals surface area contributed by atoms with Gasteiger partial charge in [-0.3, -0.25) is 9.69 Å².